The molecule has 116 valence electrons. The molecule has 0 aromatic carbocycles. The summed E-state index contributed by atoms with van der Waals surface area (Å²) in [7, 11) is -3.21. The van der Waals surface area contributed by atoms with Crippen LogP contribution in [0.25, 0.3) is 0 Å². The average molecular weight is 352 g/mol. The number of nitrogens with zero attached hydrogens (tertiary/aromatic N) is 1. The number of alkyl halides is 1. The van der Waals surface area contributed by atoms with Crippen molar-refractivity contribution in [2.24, 2.45) is 0 Å². The number of ketones is 1. The molecule has 0 spiro atoms. The van der Waals surface area contributed by atoms with E-state index in [1.165, 1.54) is 6.92 Å². The summed E-state index contributed by atoms with van der Waals surface area (Å²) in [5.41, 5.74) is 0.543. The Bertz CT molecular complexity index is 686. The van der Waals surface area contributed by atoms with Crippen molar-refractivity contribution in [3.8, 4) is 0 Å². The van der Waals surface area contributed by atoms with Gasteiger partial charge in [-0.15, -0.1) is 11.6 Å². The predicted molar refractivity (Wildman–Crippen MR) is 81.1 cm³/mol. The second-order valence-electron chi connectivity index (χ2n) is 4.79. The summed E-state index contributed by atoms with van der Waals surface area (Å²) in [5, 5.41) is 4.63. The molecule has 2 rings (SSSR count). The second kappa shape index (κ2) is 5.90. The molecule has 0 radical (unpaired) electrons. The first kappa shape index (κ1) is 16.2. The van der Waals surface area contributed by atoms with Crippen molar-refractivity contribution in [2.75, 3.05) is 16.8 Å². The zero-order valence-electron chi connectivity index (χ0n) is 11.3. The molecule has 2 heterocycles. The second-order valence-corrected chi connectivity index (χ2v) is 8.50. The van der Waals surface area contributed by atoms with Gasteiger partial charge < -0.3 is 5.32 Å². The normalized spacial score (nSPS) is 23.8. The molecule has 21 heavy (non-hydrogen) atoms. The molecule has 0 unspecified atom stereocenters. The fourth-order valence-corrected chi connectivity index (χ4v) is 5.42. The van der Waals surface area contributed by atoms with Crippen LogP contribution in [0.4, 0.5) is 9.93 Å². The van der Waals surface area contributed by atoms with E-state index < -0.39 is 27.3 Å². The molecule has 0 bridgehead atoms. The number of hydrogen-bond donors (Lipinski definition) is 2. The molecular weight excluding hydrogens is 338 g/mol. The van der Waals surface area contributed by atoms with Gasteiger partial charge in [-0.05, 0) is 6.92 Å². The number of nitrogens with one attached hydrogen (secondary N) is 2. The van der Waals surface area contributed by atoms with Crippen molar-refractivity contribution in [1.29, 1.82) is 0 Å². The van der Waals surface area contributed by atoms with Crippen LogP contribution in [0.15, 0.2) is 0 Å². The van der Waals surface area contributed by atoms with Gasteiger partial charge in [-0.25, -0.2) is 18.2 Å². The van der Waals surface area contributed by atoms with Gasteiger partial charge in [0.15, 0.2) is 20.8 Å². The van der Waals surface area contributed by atoms with E-state index in [1.807, 2.05) is 0 Å². The number of aromatic nitrogens is 1. The number of amides is 2. The van der Waals surface area contributed by atoms with E-state index in [0.717, 1.165) is 11.3 Å². The number of rotatable bonds is 3. The Hall–Kier alpha value is -1.19. The van der Waals surface area contributed by atoms with Gasteiger partial charge in [-0.1, -0.05) is 11.3 Å². The molecule has 7 nitrogen and oxygen atoms in total. The highest BCUT2D eigenvalue weighted by molar-refractivity contribution is 7.91. The zero-order valence-corrected chi connectivity index (χ0v) is 13.7. The number of carbonyl (C=O) groups is 2. The summed E-state index contributed by atoms with van der Waals surface area (Å²) in [4.78, 5) is 27.7. The lowest BCUT2D eigenvalue weighted by molar-refractivity contribution is 0.102. The molecule has 1 saturated heterocycles. The van der Waals surface area contributed by atoms with E-state index >= 15 is 0 Å². The summed E-state index contributed by atoms with van der Waals surface area (Å²) < 4.78 is 22.8. The Morgan fingerprint density at radius 3 is 2.52 bits per heavy atom. The topological polar surface area (TPSA) is 105 Å². The van der Waals surface area contributed by atoms with Crippen molar-refractivity contribution in [3.63, 3.8) is 0 Å². The maximum atomic E-state index is 11.8. The molecule has 0 saturated carbocycles. The van der Waals surface area contributed by atoms with Gasteiger partial charge in [0.25, 0.3) is 0 Å². The maximum Gasteiger partial charge on any atom is 0.321 e. The summed E-state index contributed by atoms with van der Waals surface area (Å²) in [6.07, 6.45) is 0. The predicted octanol–water partition coefficient (Wildman–Crippen LogP) is 1.18. The number of halogens is 1. The molecule has 1 aliphatic heterocycles. The molecule has 1 fully saturated rings. The molecule has 2 N–H and O–H groups in total. The summed E-state index contributed by atoms with van der Waals surface area (Å²) in [6, 6.07) is -1.23. The number of Topliss-reactive ketones (excluding diaryl/α,β-unsaturated/α-hetero) is 1. The first-order chi connectivity index (χ1) is 9.68. The van der Waals surface area contributed by atoms with Crippen LogP contribution < -0.4 is 10.6 Å². The molecule has 1 aliphatic rings. The first-order valence-electron chi connectivity index (χ1n) is 6.08. The number of aryl methyl sites for hydroxylation is 1. The third-order valence-corrected chi connectivity index (χ3v) is 6.49. The molecule has 2 atom stereocenters. The first-order valence-corrected chi connectivity index (χ1v) is 9.16. The minimum atomic E-state index is -3.21. The highest BCUT2D eigenvalue weighted by atomic mass is 35.5. The van der Waals surface area contributed by atoms with E-state index in [9.17, 15) is 18.0 Å². The van der Waals surface area contributed by atoms with Crippen molar-refractivity contribution in [3.05, 3.63) is 10.6 Å². The van der Waals surface area contributed by atoms with Crippen LogP contribution >= 0.6 is 22.9 Å². The van der Waals surface area contributed by atoms with Gasteiger partial charge in [0, 0.05) is 6.92 Å². The lowest BCUT2D eigenvalue weighted by Crippen LogP contribution is -2.42. The average Bonchev–Trinajstić information content (AvgIpc) is 2.79. The molecule has 2 amide bonds. The third kappa shape index (κ3) is 3.92. The minimum absolute atomic E-state index is 0.124. The number of thiazole rings is 1. The van der Waals surface area contributed by atoms with Gasteiger partial charge in [0.2, 0.25) is 0 Å². The highest BCUT2D eigenvalue weighted by Crippen LogP contribution is 2.23. The van der Waals surface area contributed by atoms with E-state index in [0.29, 0.717) is 10.6 Å². The van der Waals surface area contributed by atoms with Crippen molar-refractivity contribution in [1.82, 2.24) is 10.3 Å². The Kier molecular flexibility index (Phi) is 4.54. The number of carbonyl (C=O) groups excluding carboxylic acids is 2. The van der Waals surface area contributed by atoms with E-state index in [4.69, 9.17) is 11.6 Å². The van der Waals surface area contributed by atoms with Gasteiger partial charge in [-0.3, -0.25) is 10.1 Å². The SMILES string of the molecule is CC(=O)c1sc(NC(=O)N[C@@H]2CS(=O)(=O)C[C@H]2Cl)nc1C. The highest BCUT2D eigenvalue weighted by Gasteiger charge is 2.37. The van der Waals surface area contributed by atoms with Crippen LogP contribution in [0, 0.1) is 6.92 Å². The number of urea groups is 1. The lowest BCUT2D eigenvalue weighted by Gasteiger charge is -2.13. The van der Waals surface area contributed by atoms with Gasteiger partial charge in [-0.2, -0.15) is 0 Å². The van der Waals surface area contributed by atoms with Crippen LogP contribution in [0.1, 0.15) is 22.3 Å². The van der Waals surface area contributed by atoms with Gasteiger partial charge in [0.05, 0.1) is 33.5 Å². The van der Waals surface area contributed by atoms with Crippen molar-refractivity contribution in [2.45, 2.75) is 25.3 Å². The van der Waals surface area contributed by atoms with E-state index in [2.05, 4.69) is 15.6 Å². The van der Waals surface area contributed by atoms with Crippen molar-refractivity contribution < 1.29 is 18.0 Å². The fourth-order valence-electron chi connectivity index (χ4n) is 2.01. The van der Waals surface area contributed by atoms with E-state index in [1.54, 1.807) is 6.92 Å². The number of anilines is 1. The summed E-state index contributed by atoms with van der Waals surface area (Å²) in [6.45, 7) is 3.10. The van der Waals surface area contributed by atoms with Crippen LogP contribution in [0.3, 0.4) is 0 Å². The minimum Gasteiger partial charge on any atom is -0.333 e. The molecule has 1 aromatic heterocycles. The zero-order chi connectivity index (χ0) is 15.8. The van der Waals surface area contributed by atoms with Crippen LogP contribution in [0.5, 0.6) is 0 Å². The third-order valence-electron chi connectivity index (χ3n) is 2.94. The lowest BCUT2D eigenvalue weighted by atomic mass is 10.2. The quantitative estimate of drug-likeness (QED) is 0.628. The summed E-state index contributed by atoms with van der Waals surface area (Å²) in [5.74, 6) is -0.449. The largest absolute Gasteiger partial charge is 0.333 e. The smallest absolute Gasteiger partial charge is 0.321 e. The van der Waals surface area contributed by atoms with Gasteiger partial charge >= 0.3 is 6.03 Å². The fraction of sp³-hybridized carbons (Fsp3) is 0.545. The Labute approximate surface area is 131 Å². The van der Waals surface area contributed by atoms with Crippen molar-refractivity contribution >= 4 is 49.7 Å². The molecule has 0 aliphatic carbocycles. The maximum absolute atomic E-state index is 11.8. The van der Waals surface area contributed by atoms with Gasteiger partial charge in [0.1, 0.15) is 0 Å². The number of hydrogen-bond acceptors (Lipinski definition) is 6. The van der Waals surface area contributed by atoms with Crippen LogP contribution in [-0.4, -0.2) is 48.1 Å². The monoisotopic (exact) mass is 351 g/mol. The molecule has 10 heteroatoms. The standard InChI is InChI=1S/C11H14ClN3O4S2/c1-5-9(6(2)16)20-11(13-5)15-10(17)14-8-4-21(18,19)3-7(8)12/h7-8H,3-4H2,1-2H3,(H2,13,14,15,17)/t7-,8-/m1/s1. The Morgan fingerprint density at radius 2 is 2.05 bits per heavy atom. The number of sulfone groups is 1. The Balaban J connectivity index is 1.99. The van der Waals surface area contributed by atoms with Crippen LogP contribution in [0.2, 0.25) is 0 Å². The molecular formula is C11H14ClN3O4S2. The molecule has 1 aromatic rings. The summed E-state index contributed by atoms with van der Waals surface area (Å²) >= 11 is 6.97. The van der Waals surface area contributed by atoms with Crippen LogP contribution in [-0.2, 0) is 9.84 Å². The Morgan fingerprint density at radius 1 is 1.38 bits per heavy atom. The van der Waals surface area contributed by atoms with E-state index in [-0.39, 0.29) is 22.4 Å².